The molecule has 178 valence electrons. The Morgan fingerprint density at radius 2 is 1.73 bits per heavy atom. The number of rotatable bonds is 13. The normalized spacial score (nSPS) is 11.7. The number of halogens is 2. The molecule has 0 radical (unpaired) electrons. The quantitative estimate of drug-likeness (QED) is 0.103. The molecule has 0 saturated heterocycles. The molecule has 0 amide bonds. The highest BCUT2D eigenvalue weighted by atomic mass is 35.5. The summed E-state index contributed by atoms with van der Waals surface area (Å²) in [6.45, 7) is 0.394. The van der Waals surface area contributed by atoms with Crippen LogP contribution in [0.5, 0.6) is 0 Å². The molecule has 0 fully saturated rings. The number of aliphatic carboxylic acids is 1. The van der Waals surface area contributed by atoms with Crippen LogP contribution in [-0.4, -0.2) is 41.3 Å². The van der Waals surface area contributed by atoms with Crippen LogP contribution in [-0.2, 0) is 21.1 Å². The van der Waals surface area contributed by atoms with Crippen LogP contribution in [0.25, 0.3) is 0 Å². The van der Waals surface area contributed by atoms with Crippen molar-refractivity contribution in [2.24, 2.45) is 16.5 Å². The van der Waals surface area contributed by atoms with Crippen LogP contribution in [0.3, 0.4) is 0 Å². The molecule has 1 unspecified atom stereocenters. The van der Waals surface area contributed by atoms with Gasteiger partial charge in [0, 0.05) is 16.6 Å². The minimum absolute atomic E-state index is 0.00854. The van der Waals surface area contributed by atoms with E-state index in [-0.39, 0.29) is 43.4 Å². The molecule has 13 heteroatoms. The lowest BCUT2D eigenvalue weighted by Crippen LogP contribution is -2.28. The molecule has 2 aromatic carbocycles. The highest BCUT2D eigenvalue weighted by molar-refractivity contribution is 6.34. The summed E-state index contributed by atoms with van der Waals surface area (Å²) in [5.41, 5.74) is 17.4. The fourth-order valence-electron chi connectivity index (χ4n) is 2.73. The number of guanidine groups is 1. The van der Waals surface area contributed by atoms with Gasteiger partial charge in [0.25, 0.3) is 0 Å². The van der Waals surface area contributed by atoms with Gasteiger partial charge in [0.15, 0.2) is 5.96 Å². The predicted molar refractivity (Wildman–Crippen MR) is 122 cm³/mol. The Morgan fingerprint density at radius 1 is 1.03 bits per heavy atom. The monoisotopic (exact) mass is 499 g/mol. The number of hydrogen-bond acceptors (Lipinski definition) is 7. The van der Waals surface area contributed by atoms with Gasteiger partial charge in [0.1, 0.15) is 0 Å². The molecule has 0 spiro atoms. The van der Waals surface area contributed by atoms with Crippen LogP contribution in [0.1, 0.15) is 33.9 Å². The molecule has 2 aromatic rings. The summed E-state index contributed by atoms with van der Waals surface area (Å²) in [5.74, 6) is -2.36. The van der Waals surface area contributed by atoms with Gasteiger partial charge in [-0.1, -0.05) is 23.2 Å². The average molecular weight is 500 g/mol. The Labute approximate surface area is 199 Å². The van der Waals surface area contributed by atoms with Crippen molar-refractivity contribution in [3.8, 4) is 0 Å². The Bertz CT molecular complexity index is 996. The third-order valence-electron chi connectivity index (χ3n) is 4.02. The van der Waals surface area contributed by atoms with Gasteiger partial charge < -0.3 is 21.7 Å². The molecular weight excluding hydrogens is 477 g/mol. The Hall–Kier alpha value is -2.93. The zero-order valence-electron chi connectivity index (χ0n) is 17.3. The Balaban J connectivity index is 1.82. The second-order valence-electron chi connectivity index (χ2n) is 6.73. The molecule has 33 heavy (non-hydrogen) atoms. The van der Waals surface area contributed by atoms with Crippen LogP contribution in [0.4, 0.5) is 5.69 Å². The van der Waals surface area contributed by atoms with E-state index in [1.165, 1.54) is 12.1 Å². The fraction of sp³-hybridized carbons (Fsp3) is 0.250. The molecule has 11 nitrogen and oxygen atoms in total. The Kier molecular flexibility index (Phi) is 10.3. The first-order valence-electron chi connectivity index (χ1n) is 9.50. The second-order valence-corrected chi connectivity index (χ2v) is 7.61. The van der Waals surface area contributed by atoms with Crippen molar-refractivity contribution in [1.29, 1.82) is 0 Å². The summed E-state index contributed by atoms with van der Waals surface area (Å²) in [6.07, 6.45) is -0.251. The van der Waals surface area contributed by atoms with Gasteiger partial charge in [0.2, 0.25) is 0 Å². The standard InChI is InChI=1S/C20H23Cl2N5O6/c21-14-5-12(6-15(22)8-14)17(9-18(28)29)27-32-2-1-25-33-10-11-3-13(19(30)31)7-16(4-11)26-20(23)24/h3-8,17,25,27H,1-2,9-10H2,(H,28,29)(H,30,31)(H4,23,24,26). The third-order valence-corrected chi connectivity index (χ3v) is 4.46. The van der Waals surface area contributed by atoms with Crippen LogP contribution in [0.2, 0.25) is 10.0 Å². The SMILES string of the molecule is NC(N)=Nc1cc(CONCCONC(CC(=O)O)c2cc(Cl)cc(Cl)c2)cc(C(=O)O)c1. The topological polar surface area (TPSA) is 182 Å². The van der Waals surface area contributed by atoms with E-state index in [1.807, 2.05) is 0 Å². The van der Waals surface area contributed by atoms with Gasteiger partial charge in [-0.2, -0.15) is 11.0 Å². The number of carbonyl (C=O) groups is 2. The van der Waals surface area contributed by atoms with Crippen LogP contribution in [0, 0.1) is 0 Å². The Morgan fingerprint density at radius 3 is 2.33 bits per heavy atom. The lowest BCUT2D eigenvalue weighted by Gasteiger charge is -2.18. The molecule has 8 N–H and O–H groups in total. The molecule has 0 aromatic heterocycles. The summed E-state index contributed by atoms with van der Waals surface area (Å²) in [6, 6.07) is 8.41. The molecule has 2 rings (SSSR count). The summed E-state index contributed by atoms with van der Waals surface area (Å²) in [4.78, 5) is 36.9. The molecule has 0 aliphatic rings. The van der Waals surface area contributed by atoms with Gasteiger partial charge in [-0.05, 0) is 47.5 Å². The van der Waals surface area contributed by atoms with Crippen molar-refractivity contribution in [3.63, 3.8) is 0 Å². The van der Waals surface area contributed by atoms with Crippen LogP contribution >= 0.6 is 23.2 Å². The van der Waals surface area contributed by atoms with Crippen molar-refractivity contribution < 1.29 is 29.5 Å². The van der Waals surface area contributed by atoms with Crippen molar-refractivity contribution in [2.75, 3.05) is 13.2 Å². The van der Waals surface area contributed by atoms with Gasteiger partial charge >= 0.3 is 11.9 Å². The van der Waals surface area contributed by atoms with Crippen molar-refractivity contribution >= 4 is 46.8 Å². The first-order valence-corrected chi connectivity index (χ1v) is 10.3. The number of nitrogens with zero attached hydrogens (tertiary/aromatic N) is 1. The van der Waals surface area contributed by atoms with Crippen molar-refractivity contribution in [3.05, 3.63) is 63.1 Å². The summed E-state index contributed by atoms with van der Waals surface area (Å²) in [5, 5.41) is 19.1. The second kappa shape index (κ2) is 12.9. The van der Waals surface area contributed by atoms with E-state index in [1.54, 1.807) is 24.3 Å². The minimum Gasteiger partial charge on any atom is -0.481 e. The molecule has 1 atom stereocenters. The van der Waals surface area contributed by atoms with E-state index in [9.17, 15) is 14.7 Å². The number of nitrogens with two attached hydrogens (primary N) is 2. The van der Waals surface area contributed by atoms with E-state index >= 15 is 0 Å². The first kappa shape index (κ1) is 26.3. The number of nitrogens with one attached hydrogen (secondary N) is 2. The van der Waals surface area contributed by atoms with Crippen LogP contribution < -0.4 is 22.4 Å². The number of aliphatic imine (C=N–C) groups is 1. The molecule has 0 aliphatic heterocycles. The fourth-order valence-corrected chi connectivity index (χ4v) is 3.27. The van der Waals surface area contributed by atoms with Crippen molar-refractivity contribution in [2.45, 2.75) is 19.1 Å². The zero-order chi connectivity index (χ0) is 24.4. The number of carboxylic acids is 2. The van der Waals surface area contributed by atoms with E-state index in [0.717, 1.165) is 0 Å². The van der Waals surface area contributed by atoms with Gasteiger partial charge in [-0.25, -0.2) is 9.79 Å². The van der Waals surface area contributed by atoms with Gasteiger partial charge in [-0.15, -0.1) is 0 Å². The third kappa shape index (κ3) is 9.61. The molecule has 0 saturated carbocycles. The van der Waals surface area contributed by atoms with E-state index in [2.05, 4.69) is 16.0 Å². The highest BCUT2D eigenvalue weighted by Crippen LogP contribution is 2.25. The highest BCUT2D eigenvalue weighted by Gasteiger charge is 2.17. The van der Waals surface area contributed by atoms with E-state index < -0.39 is 18.0 Å². The number of aromatic carboxylic acids is 1. The predicted octanol–water partition coefficient (Wildman–Crippen LogP) is 2.35. The number of hydroxylamine groups is 2. The van der Waals surface area contributed by atoms with Crippen molar-refractivity contribution in [1.82, 2.24) is 11.0 Å². The maximum atomic E-state index is 11.3. The first-order chi connectivity index (χ1) is 15.6. The number of hydrogen-bond donors (Lipinski definition) is 6. The minimum atomic E-state index is -1.13. The summed E-state index contributed by atoms with van der Waals surface area (Å²) < 4.78 is 0. The lowest BCUT2D eigenvalue weighted by molar-refractivity contribution is -0.138. The van der Waals surface area contributed by atoms with E-state index in [0.29, 0.717) is 21.2 Å². The van der Waals surface area contributed by atoms with Gasteiger partial charge in [0.05, 0.1) is 36.9 Å². The maximum Gasteiger partial charge on any atom is 0.335 e. The van der Waals surface area contributed by atoms with Crippen LogP contribution in [0.15, 0.2) is 41.4 Å². The smallest absolute Gasteiger partial charge is 0.335 e. The lowest BCUT2D eigenvalue weighted by atomic mass is 10.0. The average Bonchev–Trinajstić information content (AvgIpc) is 2.70. The molecular formula is C20H23Cl2N5O6. The zero-order valence-corrected chi connectivity index (χ0v) is 18.8. The molecule has 0 bridgehead atoms. The van der Waals surface area contributed by atoms with E-state index in [4.69, 9.17) is 49.5 Å². The summed E-state index contributed by atoms with van der Waals surface area (Å²) >= 11 is 12.0. The molecule has 0 heterocycles. The molecule has 0 aliphatic carbocycles. The summed E-state index contributed by atoms with van der Waals surface area (Å²) in [7, 11) is 0. The van der Waals surface area contributed by atoms with Gasteiger partial charge in [-0.3, -0.25) is 14.5 Å². The number of carboxylic acid groups (broad SMARTS) is 2. The number of benzene rings is 2. The maximum absolute atomic E-state index is 11.3. The largest absolute Gasteiger partial charge is 0.481 e.